The molecule has 3 aromatic carbocycles. The minimum Gasteiger partial charge on any atom is -0.310 e. The topological polar surface area (TPSA) is 3.24 Å². The second kappa shape index (κ2) is 6.24. The van der Waals surface area contributed by atoms with Crippen LogP contribution in [-0.2, 0) is 10.8 Å². The number of nitrogens with zero attached hydrogens (tertiary/aromatic N) is 1. The van der Waals surface area contributed by atoms with Gasteiger partial charge in [-0.05, 0) is 63.7 Å². The van der Waals surface area contributed by atoms with Crippen molar-refractivity contribution in [3.05, 3.63) is 89.9 Å². The molecule has 0 saturated carbocycles. The fraction of sp³-hybridized carbons (Fsp3) is 0.333. The Kier molecular flexibility index (Phi) is 3.43. The summed E-state index contributed by atoms with van der Waals surface area (Å²) < 4.78 is 27.4. The van der Waals surface area contributed by atoms with E-state index in [1.54, 1.807) is 0 Å². The molecule has 0 heterocycles. The van der Waals surface area contributed by atoms with Gasteiger partial charge in [-0.15, -0.1) is 0 Å². The summed E-state index contributed by atoms with van der Waals surface area (Å²) in [6.45, 7) is 13.1. The van der Waals surface area contributed by atoms with Gasteiger partial charge in [0.15, 0.2) is 0 Å². The van der Waals surface area contributed by atoms with Gasteiger partial charge in [0.2, 0.25) is 0 Å². The Balaban J connectivity index is 2.11. The van der Waals surface area contributed by atoms with Crippen LogP contribution in [0.2, 0.25) is 0 Å². The molecule has 0 spiro atoms. The molecule has 1 aliphatic rings. The summed E-state index contributed by atoms with van der Waals surface area (Å²) in [5.74, 6) is 0. The van der Waals surface area contributed by atoms with Gasteiger partial charge in [-0.2, -0.15) is 0 Å². The smallest absolute Gasteiger partial charge is 0.0648 e. The van der Waals surface area contributed by atoms with Crippen LogP contribution in [-0.4, -0.2) is 0 Å². The Hall–Kier alpha value is -2.54. The lowest BCUT2D eigenvalue weighted by molar-refractivity contribution is 0.125. The summed E-state index contributed by atoms with van der Waals surface area (Å²) >= 11 is 0. The number of para-hydroxylation sites is 2. The first kappa shape index (κ1) is 15.4. The molecule has 28 heavy (non-hydrogen) atoms. The molecule has 144 valence electrons. The second-order valence-corrected chi connectivity index (χ2v) is 9.36. The zero-order valence-electron chi connectivity index (χ0n) is 20.7. The molecular weight excluding hydrogens is 338 g/mol. The largest absolute Gasteiger partial charge is 0.310 e. The van der Waals surface area contributed by atoms with E-state index >= 15 is 0 Å². The van der Waals surface area contributed by atoms with Gasteiger partial charge in [0, 0.05) is 17.1 Å². The third kappa shape index (κ3) is 2.53. The first-order valence-corrected chi connectivity index (χ1v) is 9.99. The number of rotatable bonds is 3. The van der Waals surface area contributed by atoms with E-state index in [4.69, 9.17) is 2.74 Å². The molecule has 0 aromatic heterocycles. The molecular formula is C27H31N. The molecule has 0 bridgehead atoms. The summed E-state index contributed by atoms with van der Waals surface area (Å²) in [6.07, 6.45) is 0. The molecule has 0 amide bonds. The predicted molar refractivity (Wildman–Crippen MR) is 121 cm³/mol. The van der Waals surface area contributed by atoms with E-state index in [0.717, 1.165) is 22.5 Å². The first-order valence-electron chi connectivity index (χ1n) is 11.5. The summed E-state index contributed by atoms with van der Waals surface area (Å²) in [5.41, 5.74) is 3.16. The van der Waals surface area contributed by atoms with E-state index in [1.165, 1.54) is 0 Å². The number of fused-ring (bicyclic) bond motifs is 1. The molecule has 3 aromatic rings. The van der Waals surface area contributed by atoms with E-state index in [9.17, 15) is 1.37 Å². The Bertz CT molecular complexity index is 1090. The molecule has 0 N–H and O–H groups in total. The molecule has 0 saturated heterocycles. The molecule has 0 aliphatic heterocycles. The van der Waals surface area contributed by atoms with Crippen LogP contribution in [0.25, 0.3) is 0 Å². The van der Waals surface area contributed by atoms with Crippen molar-refractivity contribution in [2.75, 3.05) is 4.90 Å². The monoisotopic (exact) mass is 372 g/mol. The normalized spacial score (nSPS) is 20.0. The van der Waals surface area contributed by atoms with E-state index in [2.05, 4.69) is 41.5 Å². The van der Waals surface area contributed by atoms with Crippen LogP contribution in [0.3, 0.4) is 0 Å². The van der Waals surface area contributed by atoms with Gasteiger partial charge < -0.3 is 4.90 Å². The van der Waals surface area contributed by atoms with Crippen molar-refractivity contribution >= 4 is 17.1 Å². The maximum Gasteiger partial charge on any atom is 0.0648 e. The highest BCUT2D eigenvalue weighted by Gasteiger charge is 2.56. The van der Waals surface area contributed by atoms with Crippen molar-refractivity contribution < 1.29 is 4.11 Å². The first-order chi connectivity index (χ1) is 14.4. The molecule has 0 radical (unpaired) electrons. The third-order valence-corrected chi connectivity index (χ3v) is 7.43. The van der Waals surface area contributed by atoms with Crippen LogP contribution < -0.4 is 4.90 Å². The van der Waals surface area contributed by atoms with Crippen molar-refractivity contribution in [2.45, 2.75) is 52.4 Å². The highest BCUT2D eigenvalue weighted by atomic mass is 15.1. The standard InChI is InChI=1S/C27H31N/c1-25(2)23-18-17-22(19-24(23)26(3,4)27(25,5)6)28(20-13-9-7-10-14-20)21-15-11-8-12-16-21/h7-19H,1-6H3/i17D,18D,19D. The molecule has 1 aliphatic carbocycles. The Morgan fingerprint density at radius 3 is 1.57 bits per heavy atom. The van der Waals surface area contributed by atoms with Crippen LogP contribution in [0, 0.1) is 5.41 Å². The van der Waals surface area contributed by atoms with Crippen LogP contribution in [0.1, 0.15) is 56.8 Å². The highest BCUT2D eigenvalue weighted by Crippen LogP contribution is 2.62. The molecule has 0 atom stereocenters. The van der Waals surface area contributed by atoms with Crippen LogP contribution >= 0.6 is 0 Å². The number of hydrogen-bond donors (Lipinski definition) is 0. The number of hydrogen-bond acceptors (Lipinski definition) is 1. The zero-order chi connectivity index (χ0) is 22.8. The van der Waals surface area contributed by atoms with Crippen LogP contribution in [0.15, 0.2) is 78.8 Å². The summed E-state index contributed by atoms with van der Waals surface area (Å²) in [5, 5.41) is 0. The third-order valence-electron chi connectivity index (χ3n) is 7.43. The summed E-state index contributed by atoms with van der Waals surface area (Å²) in [4.78, 5) is 1.96. The van der Waals surface area contributed by atoms with Crippen LogP contribution in [0.5, 0.6) is 0 Å². The van der Waals surface area contributed by atoms with Crippen molar-refractivity contribution in [1.29, 1.82) is 0 Å². The van der Waals surface area contributed by atoms with Gasteiger partial charge in [-0.1, -0.05) is 84.0 Å². The van der Waals surface area contributed by atoms with E-state index in [-0.39, 0.29) is 28.3 Å². The van der Waals surface area contributed by atoms with Gasteiger partial charge in [0.25, 0.3) is 0 Å². The average Bonchev–Trinajstić information content (AvgIpc) is 2.84. The highest BCUT2D eigenvalue weighted by molar-refractivity contribution is 5.77. The van der Waals surface area contributed by atoms with Crippen molar-refractivity contribution in [2.24, 2.45) is 5.41 Å². The quantitative estimate of drug-likeness (QED) is 0.454. The Morgan fingerprint density at radius 2 is 1.07 bits per heavy atom. The molecule has 1 nitrogen and oxygen atoms in total. The fourth-order valence-corrected chi connectivity index (χ4v) is 4.41. The van der Waals surface area contributed by atoms with Crippen molar-refractivity contribution in [3.8, 4) is 0 Å². The van der Waals surface area contributed by atoms with Gasteiger partial charge in [-0.25, -0.2) is 0 Å². The molecule has 4 rings (SSSR count). The lowest BCUT2D eigenvalue weighted by Crippen LogP contribution is -2.42. The maximum atomic E-state index is 9.36. The summed E-state index contributed by atoms with van der Waals surface area (Å²) in [6, 6.07) is 20.4. The molecule has 0 fully saturated rings. The van der Waals surface area contributed by atoms with E-state index < -0.39 is 0 Å². The SMILES string of the molecule is [2H]c1c([2H])c2c(c([2H])c1N(c1ccccc1)c1ccccc1)C(C)(C)C(C)(C)C2(C)C. The Labute approximate surface area is 174 Å². The number of benzene rings is 3. The average molecular weight is 373 g/mol. The van der Waals surface area contributed by atoms with Gasteiger partial charge in [0.1, 0.15) is 0 Å². The van der Waals surface area contributed by atoms with E-state index in [1.807, 2.05) is 65.6 Å². The maximum absolute atomic E-state index is 9.36. The van der Waals surface area contributed by atoms with Gasteiger partial charge in [-0.3, -0.25) is 0 Å². The summed E-state index contributed by atoms with van der Waals surface area (Å²) in [7, 11) is 0. The van der Waals surface area contributed by atoms with Crippen molar-refractivity contribution in [1.82, 2.24) is 0 Å². The number of anilines is 3. The van der Waals surface area contributed by atoms with Gasteiger partial charge in [0.05, 0.1) is 4.11 Å². The lowest BCUT2D eigenvalue weighted by atomic mass is 9.59. The molecule has 1 heteroatoms. The minimum atomic E-state index is -0.322. The fourth-order valence-electron chi connectivity index (χ4n) is 4.41. The van der Waals surface area contributed by atoms with Crippen LogP contribution in [0.4, 0.5) is 17.1 Å². The minimum absolute atomic E-state index is 0.109. The predicted octanol–water partition coefficient (Wildman–Crippen LogP) is 7.75. The lowest BCUT2D eigenvalue weighted by Gasteiger charge is -2.44. The van der Waals surface area contributed by atoms with E-state index in [0.29, 0.717) is 11.7 Å². The Morgan fingerprint density at radius 1 is 0.607 bits per heavy atom. The van der Waals surface area contributed by atoms with Crippen molar-refractivity contribution in [3.63, 3.8) is 0 Å². The molecule has 0 unspecified atom stereocenters. The second-order valence-electron chi connectivity index (χ2n) is 9.36. The van der Waals surface area contributed by atoms with Gasteiger partial charge >= 0.3 is 0 Å². The zero-order valence-corrected chi connectivity index (χ0v) is 17.7.